The van der Waals surface area contributed by atoms with Gasteiger partial charge in [-0.3, -0.25) is 0 Å². The minimum atomic E-state index is -1.83. The van der Waals surface area contributed by atoms with Gasteiger partial charge < -0.3 is 0 Å². The van der Waals surface area contributed by atoms with E-state index in [9.17, 15) is 30.7 Å². The molecule has 168 valence electrons. The zero-order valence-corrected chi connectivity index (χ0v) is 16.7. The summed E-state index contributed by atoms with van der Waals surface area (Å²) in [4.78, 5) is 0. The van der Waals surface area contributed by atoms with Gasteiger partial charge in [0.2, 0.25) is 0 Å². The predicted octanol–water partition coefficient (Wildman–Crippen LogP) is 7.30. The molecule has 0 bridgehead atoms. The number of hydrogen-bond donors (Lipinski definition) is 0. The highest BCUT2D eigenvalue weighted by molar-refractivity contribution is 5.67. The summed E-state index contributed by atoms with van der Waals surface area (Å²) in [5.41, 5.74) is -2.20. The predicted molar refractivity (Wildman–Crippen MR) is 102 cm³/mol. The van der Waals surface area contributed by atoms with Gasteiger partial charge in [0.05, 0.1) is 5.56 Å². The molecule has 1 aliphatic carbocycles. The quantitative estimate of drug-likeness (QED) is 0.220. The molecule has 0 saturated carbocycles. The number of halogens is 8. The molecule has 1 aliphatic rings. The number of fused-ring (bicyclic) bond motifs is 1. The largest absolute Gasteiger partial charge is 0.207 e. The Balaban J connectivity index is 1.81. The first-order valence-corrected chi connectivity index (χ1v) is 9.94. The van der Waals surface area contributed by atoms with Gasteiger partial charge in [-0.1, -0.05) is 6.92 Å². The fourth-order valence-corrected chi connectivity index (χ4v) is 4.33. The van der Waals surface area contributed by atoms with Gasteiger partial charge in [0.25, 0.3) is 0 Å². The fraction of sp³-hybridized carbons (Fsp3) is 0.250. The van der Waals surface area contributed by atoms with E-state index in [-0.39, 0.29) is 36.0 Å². The summed E-state index contributed by atoms with van der Waals surface area (Å²) in [7, 11) is 0. The first kappa shape index (κ1) is 22.3. The summed E-state index contributed by atoms with van der Waals surface area (Å²) in [5, 5.41) is 0. The van der Waals surface area contributed by atoms with Gasteiger partial charge in [0, 0.05) is 5.56 Å². The molecule has 4 rings (SSSR count). The highest BCUT2D eigenvalue weighted by Gasteiger charge is 2.33. The third-order valence-electron chi connectivity index (χ3n) is 5.95. The molecule has 8 heteroatoms. The third-order valence-corrected chi connectivity index (χ3v) is 5.95. The molecule has 0 heterocycles. The van der Waals surface area contributed by atoms with Crippen LogP contribution in [-0.2, 0) is 19.3 Å². The maximum atomic E-state index is 15.1. The normalized spacial score (nSPS) is 15.7. The molecule has 0 fully saturated rings. The third kappa shape index (κ3) is 3.55. The van der Waals surface area contributed by atoms with E-state index in [1.54, 1.807) is 6.92 Å². The lowest BCUT2D eigenvalue weighted by Gasteiger charge is -2.27. The van der Waals surface area contributed by atoms with Gasteiger partial charge in [0.1, 0.15) is 17.5 Å². The van der Waals surface area contributed by atoms with Crippen molar-refractivity contribution in [3.63, 3.8) is 0 Å². The maximum absolute atomic E-state index is 15.1. The highest BCUT2D eigenvalue weighted by Crippen LogP contribution is 2.42. The zero-order chi connectivity index (χ0) is 23.3. The van der Waals surface area contributed by atoms with Gasteiger partial charge in [-0.05, 0) is 78.1 Å². The Morgan fingerprint density at radius 1 is 0.688 bits per heavy atom. The molecular formula is C24H16F8. The second kappa shape index (κ2) is 8.22. The van der Waals surface area contributed by atoms with E-state index in [4.69, 9.17) is 0 Å². The number of benzene rings is 3. The van der Waals surface area contributed by atoms with E-state index in [1.165, 1.54) is 12.1 Å². The monoisotopic (exact) mass is 456 g/mol. The Bertz CT molecular complexity index is 1190. The Morgan fingerprint density at radius 3 is 1.84 bits per heavy atom. The topological polar surface area (TPSA) is 0 Å². The Morgan fingerprint density at radius 2 is 1.28 bits per heavy atom. The van der Waals surface area contributed by atoms with E-state index in [0.29, 0.717) is 24.1 Å². The van der Waals surface area contributed by atoms with E-state index in [2.05, 4.69) is 0 Å². The molecule has 3 aromatic carbocycles. The maximum Gasteiger partial charge on any atom is 0.194 e. The van der Waals surface area contributed by atoms with Crippen LogP contribution in [0.15, 0.2) is 24.3 Å². The van der Waals surface area contributed by atoms with Crippen LogP contribution >= 0.6 is 0 Å². The summed E-state index contributed by atoms with van der Waals surface area (Å²) in [6, 6.07) is 3.09. The van der Waals surface area contributed by atoms with E-state index >= 15 is 4.39 Å². The molecule has 0 spiro atoms. The molecule has 0 saturated heterocycles. The SMILES string of the molecule is CCc1cc(F)c(C2CCc3c(F)c(-c4cc(F)c(F)c(F)c4)c(F)c(F)c3C2)c(F)c1. The average molecular weight is 456 g/mol. The van der Waals surface area contributed by atoms with Gasteiger partial charge in [0.15, 0.2) is 29.1 Å². The first-order chi connectivity index (χ1) is 15.1. The Labute approximate surface area is 178 Å². The van der Waals surface area contributed by atoms with Crippen LogP contribution < -0.4 is 0 Å². The van der Waals surface area contributed by atoms with Gasteiger partial charge in [-0.15, -0.1) is 0 Å². The van der Waals surface area contributed by atoms with Gasteiger partial charge in [-0.25, -0.2) is 35.1 Å². The second-order valence-electron chi connectivity index (χ2n) is 7.79. The number of hydrogen-bond acceptors (Lipinski definition) is 0. The van der Waals surface area contributed by atoms with Crippen molar-refractivity contribution in [3.05, 3.63) is 93.1 Å². The lowest BCUT2D eigenvalue weighted by atomic mass is 9.78. The number of rotatable bonds is 3. The van der Waals surface area contributed by atoms with E-state index in [1.807, 2.05) is 0 Å². The van der Waals surface area contributed by atoms with Crippen molar-refractivity contribution in [1.82, 2.24) is 0 Å². The molecule has 1 unspecified atom stereocenters. The number of aryl methyl sites for hydroxylation is 1. The van der Waals surface area contributed by atoms with E-state index in [0.717, 1.165) is 0 Å². The lowest BCUT2D eigenvalue weighted by molar-refractivity contribution is 0.440. The van der Waals surface area contributed by atoms with Crippen molar-refractivity contribution in [3.8, 4) is 11.1 Å². The van der Waals surface area contributed by atoms with E-state index < -0.39 is 63.6 Å². The van der Waals surface area contributed by atoms with Crippen LogP contribution in [0.5, 0.6) is 0 Å². The van der Waals surface area contributed by atoms with Crippen molar-refractivity contribution < 1.29 is 35.1 Å². The van der Waals surface area contributed by atoms with Crippen LogP contribution in [-0.4, -0.2) is 0 Å². The zero-order valence-electron chi connectivity index (χ0n) is 16.7. The van der Waals surface area contributed by atoms with Gasteiger partial charge >= 0.3 is 0 Å². The molecule has 3 aromatic rings. The second-order valence-corrected chi connectivity index (χ2v) is 7.79. The van der Waals surface area contributed by atoms with Crippen LogP contribution in [0.4, 0.5) is 35.1 Å². The molecule has 0 nitrogen and oxygen atoms in total. The summed E-state index contributed by atoms with van der Waals surface area (Å²) < 4.78 is 114. The summed E-state index contributed by atoms with van der Waals surface area (Å²) in [5.74, 6) is -12.1. The first-order valence-electron chi connectivity index (χ1n) is 9.94. The Hall–Kier alpha value is -2.90. The minimum Gasteiger partial charge on any atom is -0.207 e. The van der Waals surface area contributed by atoms with Crippen LogP contribution in [0.1, 0.15) is 41.5 Å². The molecule has 0 amide bonds. The molecule has 0 aromatic heterocycles. The lowest BCUT2D eigenvalue weighted by Crippen LogP contribution is -2.20. The highest BCUT2D eigenvalue weighted by atomic mass is 19.2. The molecule has 1 atom stereocenters. The van der Waals surface area contributed by atoms with Crippen molar-refractivity contribution in [2.24, 2.45) is 0 Å². The summed E-state index contributed by atoms with van der Waals surface area (Å²) in [6.07, 6.45) is -0.1000. The standard InChI is InChI=1S/C24H16F8/c1-2-10-5-15(25)19(16(26)6-10)11-3-4-13-14(7-11)22(30)24(32)20(21(13)29)12-8-17(27)23(31)18(28)9-12/h5-6,8-9,11H,2-4,7H2,1H3. The molecule has 0 aliphatic heterocycles. The van der Waals surface area contributed by atoms with Crippen molar-refractivity contribution in [2.45, 2.75) is 38.5 Å². The Kier molecular flexibility index (Phi) is 5.73. The van der Waals surface area contributed by atoms with Crippen LogP contribution in [0.25, 0.3) is 11.1 Å². The van der Waals surface area contributed by atoms with Crippen molar-refractivity contribution in [1.29, 1.82) is 0 Å². The molecule has 32 heavy (non-hydrogen) atoms. The van der Waals surface area contributed by atoms with Crippen molar-refractivity contribution in [2.75, 3.05) is 0 Å². The molecule has 0 N–H and O–H groups in total. The van der Waals surface area contributed by atoms with Crippen LogP contribution in [0, 0.1) is 46.5 Å². The van der Waals surface area contributed by atoms with Gasteiger partial charge in [-0.2, -0.15) is 0 Å². The van der Waals surface area contributed by atoms with Crippen LogP contribution in [0.2, 0.25) is 0 Å². The van der Waals surface area contributed by atoms with Crippen LogP contribution in [0.3, 0.4) is 0 Å². The summed E-state index contributed by atoms with van der Waals surface area (Å²) in [6.45, 7) is 1.72. The molecule has 0 radical (unpaired) electrons. The van der Waals surface area contributed by atoms with Crippen molar-refractivity contribution >= 4 is 0 Å². The smallest absolute Gasteiger partial charge is 0.194 e. The fourth-order valence-electron chi connectivity index (χ4n) is 4.33. The molecular weight excluding hydrogens is 440 g/mol. The summed E-state index contributed by atoms with van der Waals surface area (Å²) >= 11 is 0. The minimum absolute atomic E-state index is 0.0416. The average Bonchev–Trinajstić information content (AvgIpc) is 2.75.